The van der Waals surface area contributed by atoms with E-state index in [0.29, 0.717) is 0 Å². The number of hydrogen-bond acceptors (Lipinski definition) is 15. The van der Waals surface area contributed by atoms with Crippen molar-refractivity contribution in [2.75, 3.05) is 19.8 Å². The van der Waals surface area contributed by atoms with E-state index in [0.717, 1.165) is 0 Å². The van der Waals surface area contributed by atoms with E-state index in [2.05, 4.69) is 0 Å². The molecule has 34 heavy (non-hydrogen) atoms. The summed E-state index contributed by atoms with van der Waals surface area (Å²) in [6.45, 7) is -0.626. The predicted octanol–water partition coefficient (Wildman–Crippen LogP) is -6.50. The maximum Gasteiger partial charge on any atom is 0.187 e. The Bertz CT molecular complexity index is 635. The van der Waals surface area contributed by atoms with Crippen LogP contribution in [0.25, 0.3) is 0 Å². The molecule has 0 aromatic rings. The standard InChI is InChI=1S/C19H34O15/c1-5-9(23)12(26)16(7(3-21)30-5)33-19-15(29)13(27)17(8(4-22)32-19)34-18-14(28)11(25)10(24)6(2-20)31-18/h5-29H,2-4H2,1H3/t5-,6?,7?,8?,9?,10-,11-,12+,13+,14?,15?,16-,17-,18-,19-/m0/s1. The van der Waals surface area contributed by atoms with Gasteiger partial charge in [0.05, 0.1) is 25.9 Å². The fourth-order valence-electron chi connectivity index (χ4n) is 4.26. The monoisotopic (exact) mass is 502 g/mol. The Kier molecular flexibility index (Phi) is 9.57. The second-order valence-electron chi connectivity index (χ2n) is 8.65. The Morgan fingerprint density at radius 3 is 1.41 bits per heavy atom. The van der Waals surface area contributed by atoms with Gasteiger partial charge in [0.2, 0.25) is 0 Å². The third-order valence-electron chi connectivity index (χ3n) is 6.35. The van der Waals surface area contributed by atoms with Gasteiger partial charge in [-0.15, -0.1) is 0 Å². The van der Waals surface area contributed by atoms with Crippen LogP contribution in [-0.4, -0.2) is 163 Å². The Balaban J connectivity index is 1.72. The van der Waals surface area contributed by atoms with Crippen LogP contribution in [0.5, 0.6) is 0 Å². The third-order valence-corrected chi connectivity index (χ3v) is 6.35. The normalized spacial score (nSPS) is 52.5. The van der Waals surface area contributed by atoms with E-state index < -0.39 is 112 Å². The molecule has 3 saturated heterocycles. The van der Waals surface area contributed by atoms with E-state index in [-0.39, 0.29) is 0 Å². The highest BCUT2D eigenvalue weighted by molar-refractivity contribution is 4.96. The van der Waals surface area contributed by atoms with Gasteiger partial charge in [0, 0.05) is 0 Å². The molecular formula is C19H34O15. The molecule has 10 N–H and O–H groups in total. The lowest BCUT2D eigenvalue weighted by Crippen LogP contribution is -2.66. The van der Waals surface area contributed by atoms with Gasteiger partial charge < -0.3 is 74.7 Å². The van der Waals surface area contributed by atoms with Gasteiger partial charge in [0.15, 0.2) is 12.6 Å². The first-order chi connectivity index (χ1) is 16.0. The van der Waals surface area contributed by atoms with E-state index >= 15 is 0 Å². The van der Waals surface area contributed by atoms with Crippen LogP contribution in [0.3, 0.4) is 0 Å². The van der Waals surface area contributed by atoms with Crippen molar-refractivity contribution in [1.82, 2.24) is 0 Å². The van der Waals surface area contributed by atoms with Gasteiger partial charge in [-0.2, -0.15) is 0 Å². The largest absolute Gasteiger partial charge is 0.394 e. The zero-order valence-electron chi connectivity index (χ0n) is 18.3. The molecule has 15 atom stereocenters. The molecular weight excluding hydrogens is 468 g/mol. The van der Waals surface area contributed by atoms with Crippen molar-refractivity contribution in [1.29, 1.82) is 0 Å². The molecule has 3 heterocycles. The van der Waals surface area contributed by atoms with Gasteiger partial charge in [-0.25, -0.2) is 0 Å². The zero-order valence-corrected chi connectivity index (χ0v) is 18.3. The molecule has 0 spiro atoms. The molecule has 15 heteroatoms. The molecule has 0 amide bonds. The summed E-state index contributed by atoms with van der Waals surface area (Å²) >= 11 is 0. The summed E-state index contributed by atoms with van der Waals surface area (Å²) in [4.78, 5) is 0. The number of aliphatic hydroxyl groups excluding tert-OH is 10. The van der Waals surface area contributed by atoms with Crippen LogP contribution in [-0.2, 0) is 23.7 Å². The fraction of sp³-hybridized carbons (Fsp3) is 1.00. The first kappa shape index (κ1) is 28.0. The number of rotatable bonds is 7. The van der Waals surface area contributed by atoms with Gasteiger partial charge in [0.25, 0.3) is 0 Å². The molecule has 15 nitrogen and oxygen atoms in total. The first-order valence-electron chi connectivity index (χ1n) is 10.9. The van der Waals surface area contributed by atoms with Crippen LogP contribution in [0.15, 0.2) is 0 Å². The van der Waals surface area contributed by atoms with Crippen LogP contribution in [0, 0.1) is 0 Å². The van der Waals surface area contributed by atoms with E-state index in [9.17, 15) is 51.1 Å². The van der Waals surface area contributed by atoms with E-state index in [1.807, 2.05) is 0 Å². The Labute approximate surface area is 194 Å². The van der Waals surface area contributed by atoms with Crippen molar-refractivity contribution in [3.05, 3.63) is 0 Å². The number of aliphatic hydroxyl groups is 10. The highest BCUT2D eigenvalue weighted by Gasteiger charge is 2.52. The summed E-state index contributed by atoms with van der Waals surface area (Å²) in [7, 11) is 0. The summed E-state index contributed by atoms with van der Waals surface area (Å²) in [5, 5.41) is 100. The molecule has 0 aromatic heterocycles. The Morgan fingerprint density at radius 2 is 0.912 bits per heavy atom. The van der Waals surface area contributed by atoms with Crippen molar-refractivity contribution >= 4 is 0 Å². The lowest BCUT2D eigenvalue weighted by molar-refractivity contribution is -0.372. The second kappa shape index (κ2) is 11.6. The van der Waals surface area contributed by atoms with Crippen molar-refractivity contribution in [3.63, 3.8) is 0 Å². The lowest BCUT2D eigenvalue weighted by Gasteiger charge is -2.48. The molecule has 6 unspecified atom stereocenters. The third kappa shape index (κ3) is 5.39. The molecule has 0 saturated carbocycles. The summed E-state index contributed by atoms with van der Waals surface area (Å²) in [6.07, 6.45) is -22.6. The van der Waals surface area contributed by atoms with Crippen molar-refractivity contribution in [2.24, 2.45) is 0 Å². The maximum absolute atomic E-state index is 10.6. The molecule has 3 aliphatic rings. The van der Waals surface area contributed by atoms with Crippen LogP contribution in [0.4, 0.5) is 0 Å². The Hall–Kier alpha value is -0.600. The Morgan fingerprint density at radius 1 is 0.500 bits per heavy atom. The second-order valence-corrected chi connectivity index (χ2v) is 8.65. The lowest BCUT2D eigenvalue weighted by atomic mass is 9.94. The van der Waals surface area contributed by atoms with Gasteiger partial charge in [0.1, 0.15) is 73.2 Å². The fourth-order valence-corrected chi connectivity index (χ4v) is 4.26. The summed E-state index contributed by atoms with van der Waals surface area (Å²) in [5.74, 6) is 0. The van der Waals surface area contributed by atoms with Crippen LogP contribution in [0.1, 0.15) is 6.92 Å². The van der Waals surface area contributed by atoms with Crippen LogP contribution < -0.4 is 0 Å². The molecule has 0 bridgehead atoms. The molecule has 3 rings (SSSR count). The minimum absolute atomic E-state index is 0.601. The predicted molar refractivity (Wildman–Crippen MR) is 105 cm³/mol. The molecule has 200 valence electrons. The number of ether oxygens (including phenoxy) is 5. The summed E-state index contributed by atoms with van der Waals surface area (Å²) in [6, 6.07) is 0. The zero-order chi connectivity index (χ0) is 25.3. The SMILES string of the molecule is C[C@@H]1OC(CO)[C@H](O[C@@H]2OC(CO)[C@H](O[C@@H]3OC(CO)[C@H](O)[C@H](O)C3O)[C@H](O)C2O)[C@H](O)C1O. The van der Waals surface area contributed by atoms with Crippen molar-refractivity contribution in [3.8, 4) is 0 Å². The smallest absolute Gasteiger partial charge is 0.187 e. The quantitative estimate of drug-likeness (QED) is 0.155. The molecule has 3 aliphatic heterocycles. The highest BCUT2D eigenvalue weighted by atomic mass is 16.7. The molecule has 0 radical (unpaired) electrons. The van der Waals surface area contributed by atoms with Gasteiger partial charge in [-0.3, -0.25) is 0 Å². The average Bonchev–Trinajstić information content (AvgIpc) is 2.83. The van der Waals surface area contributed by atoms with E-state index in [1.54, 1.807) is 0 Å². The van der Waals surface area contributed by atoms with Gasteiger partial charge >= 0.3 is 0 Å². The maximum atomic E-state index is 10.6. The van der Waals surface area contributed by atoms with Gasteiger partial charge in [-0.1, -0.05) is 0 Å². The minimum atomic E-state index is -1.85. The van der Waals surface area contributed by atoms with Crippen LogP contribution >= 0.6 is 0 Å². The minimum Gasteiger partial charge on any atom is -0.394 e. The summed E-state index contributed by atoms with van der Waals surface area (Å²) < 4.78 is 27.1. The molecule has 0 aromatic carbocycles. The number of hydrogen-bond donors (Lipinski definition) is 10. The van der Waals surface area contributed by atoms with E-state index in [4.69, 9.17) is 23.7 Å². The molecule has 3 fully saturated rings. The average molecular weight is 502 g/mol. The molecule has 0 aliphatic carbocycles. The first-order valence-corrected chi connectivity index (χ1v) is 10.9. The topological polar surface area (TPSA) is 248 Å². The van der Waals surface area contributed by atoms with Crippen molar-refractivity contribution in [2.45, 2.75) is 98.9 Å². The van der Waals surface area contributed by atoms with Crippen LogP contribution in [0.2, 0.25) is 0 Å². The highest BCUT2D eigenvalue weighted by Crippen LogP contribution is 2.32. The van der Waals surface area contributed by atoms with E-state index in [1.165, 1.54) is 6.92 Å². The summed E-state index contributed by atoms with van der Waals surface area (Å²) in [5.41, 5.74) is 0. The van der Waals surface area contributed by atoms with Crippen molar-refractivity contribution < 1.29 is 74.7 Å². The van der Waals surface area contributed by atoms with Gasteiger partial charge in [-0.05, 0) is 6.92 Å².